The zero-order chi connectivity index (χ0) is 48.0. The molecular weight excluding hydrogens is 856 g/mol. The predicted molar refractivity (Wildman–Crippen MR) is 248 cm³/mol. The second kappa shape index (κ2) is 31.1. The Morgan fingerprint density at radius 3 is 1.89 bits per heavy atom. The molecule has 0 spiro atoms. The lowest BCUT2D eigenvalue weighted by Crippen LogP contribution is -2.48. The summed E-state index contributed by atoms with van der Waals surface area (Å²) in [4.78, 5) is 66.4. The van der Waals surface area contributed by atoms with Gasteiger partial charge in [-0.2, -0.15) is 0 Å². The number of ether oxygens (including phenoxy) is 6. The third-order valence-corrected chi connectivity index (χ3v) is 10.2. The van der Waals surface area contributed by atoms with Gasteiger partial charge in [0, 0.05) is 67.8 Å². The van der Waals surface area contributed by atoms with E-state index in [-0.39, 0.29) is 67.9 Å². The van der Waals surface area contributed by atoms with Gasteiger partial charge in [0.15, 0.2) is 0 Å². The van der Waals surface area contributed by atoms with Gasteiger partial charge in [0.05, 0.1) is 66.1 Å². The quantitative estimate of drug-likeness (QED) is 0.0275. The molecule has 4 amide bonds. The maximum Gasteiger partial charge on any atom is 0.311 e. The monoisotopic (exact) mass is 929 g/mol. The number of hydrogen-bond acceptors (Lipinski definition) is 12. The number of esters is 1. The highest BCUT2D eigenvalue weighted by Crippen LogP contribution is 2.23. The lowest BCUT2D eigenvalue weighted by Gasteiger charge is -2.28. The summed E-state index contributed by atoms with van der Waals surface area (Å²) in [7, 11) is 0. The van der Waals surface area contributed by atoms with Crippen LogP contribution < -0.4 is 31.7 Å². The van der Waals surface area contributed by atoms with Crippen LogP contribution in [0.2, 0.25) is 0 Å². The molecule has 1 heterocycles. The number of rotatable bonds is 36. The van der Waals surface area contributed by atoms with Crippen LogP contribution in [0.1, 0.15) is 78.2 Å². The van der Waals surface area contributed by atoms with E-state index >= 15 is 0 Å². The average molecular weight is 929 g/mol. The standard InChI is InChI=1S/C48H73FN6O11/c1-47(2,34-65-35-48(3,4)33-50)31-44(58)55-41(18-19-45(59)66-38-16-14-37(49)15-17-38)46(60)53-22-24-62-26-28-64-30-29-63-27-25-61-23-21-52-43(57)13-8-20-51-42(56)12-7-9-36-32-54-40-11-6-5-10-39(36)40/h5-6,10-11,14-17,32,41,54H,7-9,12-13,18-31,33-35,50H2,1-4H3,(H,51,56)(H,52,57)(H,53,60)(H,55,58)/t41-/m1/s1. The smallest absolute Gasteiger partial charge is 0.311 e. The van der Waals surface area contributed by atoms with E-state index in [0.29, 0.717) is 91.8 Å². The SMILES string of the molecule is CC(C)(CN)COCC(C)(C)CC(=O)N[C@H](CCC(=O)Oc1ccc(F)cc1)C(=O)NCCOCCOCCOCCOCCNC(=O)CCCNC(=O)CCCc1c[nH]c2ccccc12. The summed E-state index contributed by atoms with van der Waals surface area (Å²) >= 11 is 0. The number of hydrogen-bond donors (Lipinski definition) is 6. The van der Waals surface area contributed by atoms with E-state index in [1.165, 1.54) is 35.2 Å². The fraction of sp³-hybridized carbons (Fsp3) is 0.604. The first-order chi connectivity index (χ1) is 31.7. The molecule has 1 atom stereocenters. The van der Waals surface area contributed by atoms with Crippen molar-refractivity contribution >= 4 is 40.5 Å². The van der Waals surface area contributed by atoms with Gasteiger partial charge >= 0.3 is 5.97 Å². The number of carbonyl (C=O) groups excluding carboxylic acids is 5. The van der Waals surface area contributed by atoms with E-state index in [1.807, 2.05) is 52.1 Å². The molecule has 368 valence electrons. The van der Waals surface area contributed by atoms with Gasteiger partial charge in [-0.15, -0.1) is 0 Å². The zero-order valence-corrected chi connectivity index (χ0v) is 39.3. The maximum absolute atomic E-state index is 13.3. The van der Waals surface area contributed by atoms with E-state index in [9.17, 15) is 28.4 Å². The molecule has 3 rings (SSSR count). The van der Waals surface area contributed by atoms with Gasteiger partial charge in [0.25, 0.3) is 0 Å². The van der Waals surface area contributed by atoms with E-state index in [4.69, 9.17) is 34.2 Å². The van der Waals surface area contributed by atoms with Crippen molar-refractivity contribution in [3.63, 3.8) is 0 Å². The van der Waals surface area contributed by atoms with Crippen molar-refractivity contribution in [3.05, 3.63) is 66.1 Å². The third kappa shape index (κ3) is 24.5. The highest BCUT2D eigenvalue weighted by molar-refractivity contribution is 5.88. The molecule has 3 aromatic rings. The van der Waals surface area contributed by atoms with E-state index in [0.717, 1.165) is 18.4 Å². The normalized spacial score (nSPS) is 12.2. The number of carbonyl (C=O) groups is 5. The molecule has 7 N–H and O–H groups in total. The van der Waals surface area contributed by atoms with E-state index in [1.54, 1.807) is 0 Å². The van der Waals surface area contributed by atoms with Crippen LogP contribution in [-0.2, 0) is 54.1 Å². The Labute approximate surface area is 388 Å². The molecule has 2 aromatic carbocycles. The van der Waals surface area contributed by atoms with Crippen LogP contribution >= 0.6 is 0 Å². The average Bonchev–Trinajstić information content (AvgIpc) is 3.69. The number of fused-ring (bicyclic) bond motifs is 1. The minimum absolute atomic E-state index is 0.0117. The molecule has 0 aliphatic carbocycles. The molecule has 0 bridgehead atoms. The molecule has 0 aliphatic heterocycles. The van der Waals surface area contributed by atoms with Crippen molar-refractivity contribution in [3.8, 4) is 5.75 Å². The minimum Gasteiger partial charge on any atom is -0.427 e. The van der Waals surface area contributed by atoms with Gasteiger partial charge in [0.1, 0.15) is 17.6 Å². The Morgan fingerprint density at radius 2 is 1.24 bits per heavy atom. The van der Waals surface area contributed by atoms with Crippen LogP contribution in [0.25, 0.3) is 10.9 Å². The second-order valence-electron chi connectivity index (χ2n) is 17.5. The number of aromatic amines is 1. The first-order valence-corrected chi connectivity index (χ1v) is 22.9. The Kier molecular flexibility index (Phi) is 26.1. The van der Waals surface area contributed by atoms with Crippen LogP contribution in [0.15, 0.2) is 54.7 Å². The summed E-state index contributed by atoms with van der Waals surface area (Å²) in [5.41, 5.74) is 7.35. The van der Waals surface area contributed by atoms with Crippen LogP contribution in [0, 0.1) is 16.6 Å². The first kappa shape index (κ1) is 55.3. The number of aryl methyl sites for hydroxylation is 1. The molecule has 0 saturated heterocycles. The molecule has 0 unspecified atom stereocenters. The van der Waals surface area contributed by atoms with Gasteiger partial charge in [-0.3, -0.25) is 24.0 Å². The van der Waals surface area contributed by atoms with Crippen molar-refractivity contribution in [2.45, 2.75) is 85.1 Å². The van der Waals surface area contributed by atoms with Crippen molar-refractivity contribution < 1.29 is 56.8 Å². The predicted octanol–water partition coefficient (Wildman–Crippen LogP) is 4.11. The number of aromatic nitrogens is 1. The highest BCUT2D eigenvalue weighted by atomic mass is 19.1. The van der Waals surface area contributed by atoms with Crippen LogP contribution in [0.3, 0.4) is 0 Å². The summed E-state index contributed by atoms with van der Waals surface area (Å²) in [5.74, 6) is -1.91. The lowest BCUT2D eigenvalue weighted by atomic mass is 9.89. The summed E-state index contributed by atoms with van der Waals surface area (Å²) in [5, 5.41) is 12.4. The minimum atomic E-state index is -1.03. The fourth-order valence-electron chi connectivity index (χ4n) is 6.44. The van der Waals surface area contributed by atoms with Crippen molar-refractivity contribution in [2.24, 2.45) is 16.6 Å². The topological polar surface area (TPSA) is 231 Å². The third-order valence-electron chi connectivity index (χ3n) is 10.2. The second-order valence-corrected chi connectivity index (χ2v) is 17.5. The van der Waals surface area contributed by atoms with Crippen LogP contribution in [0.4, 0.5) is 4.39 Å². The highest BCUT2D eigenvalue weighted by Gasteiger charge is 2.28. The number of benzene rings is 2. The summed E-state index contributed by atoms with van der Waals surface area (Å²) in [6.45, 7) is 12.5. The number of halogens is 1. The lowest BCUT2D eigenvalue weighted by molar-refractivity contribution is -0.136. The fourth-order valence-corrected chi connectivity index (χ4v) is 6.44. The van der Waals surface area contributed by atoms with Gasteiger partial charge < -0.3 is 60.4 Å². The van der Waals surface area contributed by atoms with Gasteiger partial charge in [-0.25, -0.2) is 4.39 Å². The molecule has 0 aliphatic rings. The van der Waals surface area contributed by atoms with Crippen molar-refractivity contribution in [2.75, 3.05) is 92.2 Å². The molecule has 18 heteroatoms. The Balaban J connectivity index is 1.17. The zero-order valence-electron chi connectivity index (χ0n) is 39.3. The van der Waals surface area contributed by atoms with E-state index in [2.05, 4.69) is 32.3 Å². The Morgan fingerprint density at radius 1 is 0.667 bits per heavy atom. The summed E-state index contributed by atoms with van der Waals surface area (Å²) < 4.78 is 46.5. The van der Waals surface area contributed by atoms with Gasteiger partial charge in [-0.05, 0) is 73.5 Å². The number of H-pyrrole nitrogens is 1. The molecule has 1 aromatic heterocycles. The first-order valence-electron chi connectivity index (χ1n) is 22.9. The Bertz CT molecular complexity index is 1890. The molecular formula is C48H73FN6O11. The molecule has 0 radical (unpaired) electrons. The van der Waals surface area contributed by atoms with E-state index < -0.39 is 29.2 Å². The number of para-hydroxylation sites is 1. The molecule has 0 fully saturated rings. The van der Waals surface area contributed by atoms with Crippen molar-refractivity contribution in [1.82, 2.24) is 26.3 Å². The van der Waals surface area contributed by atoms with Gasteiger partial charge in [-0.1, -0.05) is 45.9 Å². The summed E-state index contributed by atoms with van der Waals surface area (Å²) in [6, 6.07) is 12.1. The largest absolute Gasteiger partial charge is 0.427 e. The molecule has 17 nitrogen and oxygen atoms in total. The number of nitrogens with two attached hydrogens (primary N) is 1. The number of amides is 4. The van der Waals surface area contributed by atoms with Crippen LogP contribution in [-0.4, -0.2) is 133 Å². The van der Waals surface area contributed by atoms with Gasteiger partial charge in [0.2, 0.25) is 23.6 Å². The number of nitrogens with one attached hydrogen (secondary N) is 5. The molecule has 66 heavy (non-hydrogen) atoms. The Hall–Kier alpha value is -4.98. The van der Waals surface area contributed by atoms with Crippen molar-refractivity contribution in [1.29, 1.82) is 0 Å². The summed E-state index contributed by atoms with van der Waals surface area (Å²) in [6.07, 6.45) is 4.76. The maximum atomic E-state index is 13.3. The van der Waals surface area contributed by atoms with Crippen LogP contribution in [0.5, 0.6) is 5.75 Å². The molecule has 0 saturated carbocycles.